The van der Waals surface area contributed by atoms with Crippen LogP contribution in [0, 0.1) is 0 Å². The monoisotopic (exact) mass is 265 g/mol. The maximum absolute atomic E-state index is 12.2. The average Bonchev–Trinajstić information content (AvgIpc) is 2.43. The van der Waals surface area contributed by atoms with Crippen LogP contribution >= 0.6 is 0 Å². The van der Waals surface area contributed by atoms with Crippen molar-refractivity contribution < 1.29 is 19.4 Å². The molecule has 0 saturated heterocycles. The lowest BCUT2D eigenvalue weighted by molar-refractivity contribution is 0.0697. The van der Waals surface area contributed by atoms with Gasteiger partial charge in [0.15, 0.2) is 5.78 Å². The molecule has 0 heterocycles. The van der Waals surface area contributed by atoms with Crippen LogP contribution in [0.3, 0.4) is 0 Å². The van der Waals surface area contributed by atoms with E-state index in [1.807, 2.05) is 18.7 Å². The second kappa shape index (κ2) is 6.89. The van der Waals surface area contributed by atoms with Gasteiger partial charge in [0.1, 0.15) is 5.75 Å². The molecule has 0 unspecified atom stereocenters. The number of ether oxygens (including phenoxy) is 1. The molecule has 1 rings (SSSR count). The van der Waals surface area contributed by atoms with E-state index < -0.39 is 5.97 Å². The van der Waals surface area contributed by atoms with Gasteiger partial charge in [0.05, 0.1) is 24.8 Å². The summed E-state index contributed by atoms with van der Waals surface area (Å²) in [6.45, 7) is 5.74. The number of carbonyl (C=O) groups is 2. The van der Waals surface area contributed by atoms with Gasteiger partial charge >= 0.3 is 5.97 Å². The van der Waals surface area contributed by atoms with Crippen molar-refractivity contribution in [3.05, 3.63) is 29.3 Å². The molecule has 0 aliphatic heterocycles. The Labute approximate surface area is 112 Å². The van der Waals surface area contributed by atoms with Gasteiger partial charge < -0.3 is 9.84 Å². The van der Waals surface area contributed by atoms with Gasteiger partial charge in [-0.15, -0.1) is 0 Å². The van der Waals surface area contributed by atoms with Gasteiger partial charge in [-0.1, -0.05) is 13.8 Å². The van der Waals surface area contributed by atoms with Crippen LogP contribution in [0.4, 0.5) is 0 Å². The number of benzene rings is 1. The van der Waals surface area contributed by atoms with Gasteiger partial charge in [0, 0.05) is 0 Å². The molecule has 0 bridgehead atoms. The SMILES string of the molecule is CCN(CC)CC(=O)c1cc(C(=O)O)ccc1OC. The second-order valence-electron chi connectivity index (χ2n) is 4.10. The Morgan fingerprint density at radius 2 is 1.89 bits per heavy atom. The number of hydrogen-bond donors (Lipinski definition) is 1. The van der Waals surface area contributed by atoms with E-state index in [0.29, 0.717) is 11.3 Å². The first-order valence-corrected chi connectivity index (χ1v) is 6.20. The maximum Gasteiger partial charge on any atom is 0.335 e. The van der Waals surface area contributed by atoms with E-state index >= 15 is 0 Å². The van der Waals surface area contributed by atoms with E-state index in [2.05, 4.69) is 0 Å². The predicted octanol–water partition coefficient (Wildman–Crippen LogP) is 1.92. The van der Waals surface area contributed by atoms with Gasteiger partial charge in [-0.25, -0.2) is 4.79 Å². The molecule has 0 saturated carbocycles. The first-order valence-electron chi connectivity index (χ1n) is 6.20. The third kappa shape index (κ3) is 3.79. The molecule has 0 atom stereocenters. The summed E-state index contributed by atoms with van der Waals surface area (Å²) in [5.41, 5.74) is 0.401. The summed E-state index contributed by atoms with van der Waals surface area (Å²) < 4.78 is 5.12. The highest BCUT2D eigenvalue weighted by Crippen LogP contribution is 2.21. The zero-order valence-corrected chi connectivity index (χ0v) is 11.5. The van der Waals surface area contributed by atoms with Crippen molar-refractivity contribution in [3.8, 4) is 5.75 Å². The molecule has 1 aromatic rings. The van der Waals surface area contributed by atoms with Gasteiger partial charge in [-0.3, -0.25) is 9.69 Å². The van der Waals surface area contributed by atoms with Crippen LogP contribution in [0.2, 0.25) is 0 Å². The van der Waals surface area contributed by atoms with E-state index in [4.69, 9.17) is 9.84 Å². The topological polar surface area (TPSA) is 66.8 Å². The van der Waals surface area contributed by atoms with Crippen LogP contribution in [0.5, 0.6) is 5.75 Å². The minimum Gasteiger partial charge on any atom is -0.496 e. The van der Waals surface area contributed by atoms with Crippen molar-refractivity contribution in [1.82, 2.24) is 4.90 Å². The lowest BCUT2D eigenvalue weighted by Crippen LogP contribution is -2.29. The highest BCUT2D eigenvalue weighted by Gasteiger charge is 2.17. The van der Waals surface area contributed by atoms with Gasteiger partial charge in [0.25, 0.3) is 0 Å². The lowest BCUT2D eigenvalue weighted by atomic mass is 10.1. The second-order valence-corrected chi connectivity index (χ2v) is 4.10. The molecule has 0 aromatic heterocycles. The van der Waals surface area contributed by atoms with Crippen LogP contribution in [-0.4, -0.2) is 48.5 Å². The van der Waals surface area contributed by atoms with Gasteiger partial charge in [0.2, 0.25) is 0 Å². The summed E-state index contributed by atoms with van der Waals surface area (Å²) in [5.74, 6) is -0.787. The third-order valence-electron chi connectivity index (χ3n) is 3.01. The van der Waals surface area contributed by atoms with Crippen LogP contribution in [0.1, 0.15) is 34.6 Å². The number of carbonyl (C=O) groups excluding carboxylic acids is 1. The van der Waals surface area contributed by atoms with Crippen LogP contribution in [-0.2, 0) is 0 Å². The Morgan fingerprint density at radius 1 is 1.26 bits per heavy atom. The molecule has 5 heteroatoms. The highest BCUT2D eigenvalue weighted by molar-refractivity contribution is 6.02. The summed E-state index contributed by atoms with van der Waals surface area (Å²) >= 11 is 0. The number of nitrogens with zero attached hydrogens (tertiary/aromatic N) is 1. The number of carboxylic acid groups (broad SMARTS) is 1. The van der Waals surface area contributed by atoms with Crippen molar-refractivity contribution in [2.75, 3.05) is 26.7 Å². The van der Waals surface area contributed by atoms with Crippen LogP contribution in [0.15, 0.2) is 18.2 Å². The Balaban J connectivity index is 3.05. The number of methoxy groups -OCH3 is 1. The van der Waals surface area contributed by atoms with Gasteiger partial charge in [-0.05, 0) is 31.3 Å². The summed E-state index contributed by atoms with van der Waals surface area (Å²) in [5, 5.41) is 8.97. The Bertz CT molecular complexity index is 467. The molecular formula is C14H19NO4. The molecule has 5 nitrogen and oxygen atoms in total. The fourth-order valence-corrected chi connectivity index (χ4v) is 1.79. The molecule has 0 spiro atoms. The van der Waals surface area contributed by atoms with E-state index in [1.165, 1.54) is 25.3 Å². The van der Waals surface area contributed by atoms with Gasteiger partial charge in [-0.2, -0.15) is 0 Å². The predicted molar refractivity (Wildman–Crippen MR) is 72.1 cm³/mol. The average molecular weight is 265 g/mol. The van der Waals surface area contributed by atoms with Crippen molar-refractivity contribution in [1.29, 1.82) is 0 Å². The zero-order chi connectivity index (χ0) is 14.4. The normalized spacial score (nSPS) is 10.5. The van der Waals surface area contributed by atoms with Crippen LogP contribution in [0.25, 0.3) is 0 Å². The molecular weight excluding hydrogens is 246 g/mol. The minimum atomic E-state index is -1.06. The fraction of sp³-hybridized carbons (Fsp3) is 0.429. The van der Waals surface area contributed by atoms with E-state index in [1.54, 1.807) is 0 Å². The first-order chi connectivity index (χ1) is 9.03. The smallest absolute Gasteiger partial charge is 0.335 e. The maximum atomic E-state index is 12.2. The van der Waals surface area contributed by atoms with Crippen LogP contribution < -0.4 is 4.74 Å². The van der Waals surface area contributed by atoms with Crippen molar-refractivity contribution >= 4 is 11.8 Å². The summed E-state index contributed by atoms with van der Waals surface area (Å²) in [4.78, 5) is 25.1. The molecule has 19 heavy (non-hydrogen) atoms. The zero-order valence-electron chi connectivity index (χ0n) is 11.5. The summed E-state index contributed by atoms with van der Waals surface area (Å²) in [7, 11) is 1.46. The molecule has 1 aromatic carbocycles. The van der Waals surface area contributed by atoms with Crippen molar-refractivity contribution in [3.63, 3.8) is 0 Å². The third-order valence-corrected chi connectivity index (χ3v) is 3.01. The molecule has 0 radical (unpaired) electrons. The quantitative estimate of drug-likeness (QED) is 0.763. The number of ketones is 1. The number of likely N-dealkylation sites (N-methyl/N-ethyl adjacent to an activating group) is 1. The molecule has 0 amide bonds. The number of hydrogen-bond acceptors (Lipinski definition) is 4. The van der Waals surface area contributed by atoms with Crippen molar-refractivity contribution in [2.24, 2.45) is 0 Å². The fourth-order valence-electron chi connectivity index (χ4n) is 1.79. The van der Waals surface area contributed by atoms with E-state index in [9.17, 15) is 9.59 Å². The van der Waals surface area contributed by atoms with Crippen molar-refractivity contribution in [2.45, 2.75) is 13.8 Å². The Hall–Kier alpha value is -1.88. The van der Waals surface area contributed by atoms with E-state index in [-0.39, 0.29) is 17.9 Å². The largest absolute Gasteiger partial charge is 0.496 e. The molecule has 0 fully saturated rings. The number of aromatic carboxylic acids is 1. The van der Waals surface area contributed by atoms with E-state index in [0.717, 1.165) is 13.1 Å². The number of Topliss-reactive ketones (excluding diaryl/α,β-unsaturated/α-hetero) is 1. The summed E-state index contributed by atoms with van der Waals surface area (Å²) in [6, 6.07) is 4.31. The Morgan fingerprint density at radius 3 is 2.37 bits per heavy atom. The first kappa shape index (κ1) is 15.2. The molecule has 0 aliphatic carbocycles. The highest BCUT2D eigenvalue weighted by atomic mass is 16.5. The molecule has 0 aliphatic rings. The lowest BCUT2D eigenvalue weighted by Gasteiger charge is -2.17. The Kier molecular flexibility index (Phi) is 5.51. The number of carboxylic acids is 1. The number of rotatable bonds is 7. The molecule has 1 N–H and O–H groups in total. The molecule has 104 valence electrons. The minimum absolute atomic E-state index is 0.0868. The standard InChI is InChI=1S/C14H19NO4/c1-4-15(5-2)9-12(16)11-8-10(14(17)18)6-7-13(11)19-3/h6-8H,4-5,9H2,1-3H3,(H,17,18). The summed E-state index contributed by atoms with van der Waals surface area (Å²) in [6.07, 6.45) is 0.